The minimum absolute atomic E-state index is 0.0349. The number of hydrogen-bond donors (Lipinski definition) is 1. The lowest BCUT2D eigenvalue weighted by molar-refractivity contribution is -0.118. The molecule has 0 fully saturated rings. The maximum Gasteiger partial charge on any atom is 0.251 e. The number of para-hydroxylation sites is 1. The van der Waals surface area contributed by atoms with Crippen LogP contribution < -0.4 is 14.8 Å². The van der Waals surface area contributed by atoms with E-state index in [9.17, 15) is 4.79 Å². The summed E-state index contributed by atoms with van der Waals surface area (Å²) in [5.41, 5.74) is 2.57. The monoisotopic (exact) mass is 385 g/mol. The third-order valence-electron chi connectivity index (χ3n) is 4.24. The molecule has 2 aliphatic rings. The molecule has 0 saturated heterocycles. The van der Waals surface area contributed by atoms with Crippen molar-refractivity contribution in [2.24, 2.45) is 0 Å². The van der Waals surface area contributed by atoms with Gasteiger partial charge in [0.05, 0.1) is 18.2 Å². The van der Waals surface area contributed by atoms with E-state index in [1.54, 1.807) is 0 Å². The van der Waals surface area contributed by atoms with E-state index in [2.05, 4.69) is 21.2 Å². The Morgan fingerprint density at radius 1 is 1.12 bits per heavy atom. The van der Waals surface area contributed by atoms with Gasteiger partial charge in [-0.25, -0.2) is 0 Å². The zero-order valence-electron chi connectivity index (χ0n) is 12.9. The number of benzene rings is 2. The van der Waals surface area contributed by atoms with Crippen molar-refractivity contribution in [1.82, 2.24) is 5.32 Å². The minimum atomic E-state index is -0.0951. The van der Waals surface area contributed by atoms with Gasteiger partial charge in [0, 0.05) is 22.0 Å². The quantitative estimate of drug-likeness (QED) is 0.853. The van der Waals surface area contributed by atoms with E-state index in [0.717, 1.165) is 33.5 Å². The molecule has 4 rings (SSSR count). The average Bonchev–Trinajstić information content (AvgIpc) is 2.61. The highest BCUT2D eigenvalue weighted by Gasteiger charge is 2.25. The van der Waals surface area contributed by atoms with Crippen molar-refractivity contribution >= 4 is 27.9 Å². The summed E-state index contributed by atoms with van der Waals surface area (Å²) in [4.78, 5) is 12.7. The third kappa shape index (κ3) is 2.91. The molecule has 5 heteroatoms. The topological polar surface area (TPSA) is 47.6 Å². The molecule has 1 atom stereocenters. The molecule has 0 radical (unpaired) electrons. The van der Waals surface area contributed by atoms with Crippen molar-refractivity contribution in [1.29, 1.82) is 0 Å². The summed E-state index contributed by atoms with van der Waals surface area (Å²) in [7, 11) is 0. The van der Waals surface area contributed by atoms with Gasteiger partial charge in [0.25, 0.3) is 5.91 Å². The van der Waals surface area contributed by atoms with Gasteiger partial charge in [-0.15, -0.1) is 0 Å². The second-order valence-corrected chi connectivity index (χ2v) is 6.76. The largest absolute Gasteiger partial charge is 0.493 e. The van der Waals surface area contributed by atoms with Crippen LogP contribution in [-0.4, -0.2) is 19.1 Å². The van der Waals surface area contributed by atoms with E-state index < -0.39 is 0 Å². The van der Waals surface area contributed by atoms with E-state index in [1.165, 1.54) is 0 Å². The van der Waals surface area contributed by atoms with Crippen LogP contribution >= 0.6 is 15.9 Å². The molecule has 0 aromatic heterocycles. The van der Waals surface area contributed by atoms with Crippen LogP contribution in [0.2, 0.25) is 0 Å². The van der Waals surface area contributed by atoms with Gasteiger partial charge in [-0.1, -0.05) is 34.1 Å². The van der Waals surface area contributed by atoms with Gasteiger partial charge in [0.2, 0.25) is 0 Å². The Kier molecular flexibility index (Phi) is 4.02. The van der Waals surface area contributed by atoms with Gasteiger partial charge in [-0.05, 0) is 30.3 Å². The Labute approximate surface area is 148 Å². The first kappa shape index (κ1) is 15.3. The molecule has 1 amide bonds. The second-order valence-electron chi connectivity index (χ2n) is 5.84. The van der Waals surface area contributed by atoms with Crippen molar-refractivity contribution < 1.29 is 14.3 Å². The smallest absolute Gasteiger partial charge is 0.251 e. The molecule has 24 heavy (non-hydrogen) atoms. The summed E-state index contributed by atoms with van der Waals surface area (Å²) in [5.74, 6) is 1.55. The Morgan fingerprint density at radius 3 is 2.92 bits per heavy atom. The molecule has 0 spiro atoms. The van der Waals surface area contributed by atoms with Crippen molar-refractivity contribution in [3.63, 3.8) is 0 Å². The molecule has 2 aromatic rings. The van der Waals surface area contributed by atoms with Crippen LogP contribution in [0.25, 0.3) is 6.08 Å². The first-order chi connectivity index (χ1) is 11.7. The Morgan fingerprint density at radius 2 is 2.00 bits per heavy atom. The molecule has 2 aliphatic heterocycles. The summed E-state index contributed by atoms with van der Waals surface area (Å²) in [6.07, 6.45) is 2.66. The summed E-state index contributed by atoms with van der Waals surface area (Å²) in [6.45, 7) is 0.888. The highest BCUT2D eigenvalue weighted by molar-refractivity contribution is 9.10. The number of carbonyl (C=O) groups is 1. The lowest BCUT2D eigenvalue weighted by Crippen LogP contribution is -2.34. The molecular weight excluding hydrogens is 370 g/mol. The van der Waals surface area contributed by atoms with E-state index in [1.807, 2.05) is 48.5 Å². The number of amides is 1. The number of halogens is 1. The van der Waals surface area contributed by atoms with Crippen LogP contribution in [0.15, 0.2) is 52.5 Å². The zero-order chi connectivity index (χ0) is 16.5. The van der Waals surface area contributed by atoms with Crippen LogP contribution in [-0.2, 0) is 4.79 Å². The van der Waals surface area contributed by atoms with Crippen LogP contribution in [0.5, 0.6) is 11.5 Å². The van der Waals surface area contributed by atoms with E-state index in [4.69, 9.17) is 9.47 Å². The molecule has 2 aromatic carbocycles. The normalized spacial score (nSPS) is 18.4. The predicted octanol–water partition coefficient (Wildman–Crippen LogP) is 3.86. The van der Waals surface area contributed by atoms with Gasteiger partial charge in [-0.3, -0.25) is 4.79 Å². The lowest BCUT2D eigenvalue weighted by atomic mass is 9.99. The van der Waals surface area contributed by atoms with Gasteiger partial charge in [-0.2, -0.15) is 0 Å². The van der Waals surface area contributed by atoms with Crippen molar-refractivity contribution in [2.75, 3.05) is 13.2 Å². The van der Waals surface area contributed by atoms with Crippen molar-refractivity contribution in [2.45, 2.75) is 12.5 Å². The lowest BCUT2D eigenvalue weighted by Gasteiger charge is -2.27. The molecule has 122 valence electrons. The zero-order valence-corrected chi connectivity index (χ0v) is 14.5. The first-order valence-electron chi connectivity index (χ1n) is 7.86. The van der Waals surface area contributed by atoms with Crippen molar-refractivity contribution in [3.05, 3.63) is 63.6 Å². The summed E-state index contributed by atoms with van der Waals surface area (Å²) in [6, 6.07) is 13.6. The minimum Gasteiger partial charge on any atom is -0.493 e. The number of hydrogen-bond acceptors (Lipinski definition) is 3. The third-order valence-corrected chi connectivity index (χ3v) is 4.73. The molecule has 0 bridgehead atoms. The highest BCUT2D eigenvalue weighted by Crippen LogP contribution is 2.33. The van der Waals surface area contributed by atoms with Crippen LogP contribution in [0.1, 0.15) is 23.6 Å². The fraction of sp³-hybridized carbons (Fsp3) is 0.211. The van der Waals surface area contributed by atoms with Crippen LogP contribution in [0.4, 0.5) is 0 Å². The molecular formula is C19H16BrNO3. The van der Waals surface area contributed by atoms with E-state index >= 15 is 0 Å². The molecule has 1 N–H and O–H groups in total. The summed E-state index contributed by atoms with van der Waals surface area (Å²) < 4.78 is 12.3. The highest BCUT2D eigenvalue weighted by atomic mass is 79.9. The molecule has 0 saturated carbocycles. The Balaban J connectivity index is 1.56. The van der Waals surface area contributed by atoms with E-state index in [-0.39, 0.29) is 18.6 Å². The maximum absolute atomic E-state index is 12.7. The summed E-state index contributed by atoms with van der Waals surface area (Å²) in [5, 5.41) is 3.11. The van der Waals surface area contributed by atoms with Gasteiger partial charge >= 0.3 is 0 Å². The average molecular weight is 386 g/mol. The first-order valence-corrected chi connectivity index (χ1v) is 8.65. The standard InChI is InChI=1S/C19H16BrNO3/c20-14-5-6-17-12(10-14)9-13(11-24-17)19(22)21-16-7-8-23-18-4-2-1-3-15(16)18/h1-6,9-10,16H,7-8,11H2,(H,21,22)/t16-/m1/s1. The fourth-order valence-electron chi connectivity index (χ4n) is 3.02. The van der Waals surface area contributed by atoms with Gasteiger partial charge in [0.15, 0.2) is 0 Å². The number of nitrogens with one attached hydrogen (secondary N) is 1. The number of ether oxygens (including phenoxy) is 2. The Hall–Kier alpha value is -2.27. The molecule has 4 nitrogen and oxygen atoms in total. The predicted molar refractivity (Wildman–Crippen MR) is 95.1 cm³/mol. The number of fused-ring (bicyclic) bond motifs is 2. The second kappa shape index (κ2) is 6.32. The van der Waals surface area contributed by atoms with Crippen molar-refractivity contribution in [3.8, 4) is 11.5 Å². The van der Waals surface area contributed by atoms with Crippen LogP contribution in [0, 0.1) is 0 Å². The van der Waals surface area contributed by atoms with Gasteiger partial charge in [0.1, 0.15) is 18.1 Å². The SMILES string of the molecule is O=C(N[C@@H]1CCOc2ccccc21)C1=Cc2cc(Br)ccc2OC1. The maximum atomic E-state index is 12.7. The molecule has 2 heterocycles. The number of rotatable bonds is 2. The molecule has 0 aliphatic carbocycles. The fourth-order valence-corrected chi connectivity index (χ4v) is 3.40. The van der Waals surface area contributed by atoms with Crippen LogP contribution in [0.3, 0.4) is 0 Å². The molecule has 0 unspecified atom stereocenters. The number of carbonyl (C=O) groups excluding carboxylic acids is 1. The Bertz CT molecular complexity index is 831. The van der Waals surface area contributed by atoms with E-state index in [0.29, 0.717) is 12.2 Å². The summed E-state index contributed by atoms with van der Waals surface area (Å²) >= 11 is 3.45. The van der Waals surface area contributed by atoms with Gasteiger partial charge < -0.3 is 14.8 Å².